The zero-order valence-electron chi connectivity index (χ0n) is 8.87. The average Bonchev–Trinajstić information content (AvgIpc) is 2.96. The Hall–Kier alpha value is -1.02. The van der Waals surface area contributed by atoms with E-state index in [0.29, 0.717) is 0 Å². The quantitative estimate of drug-likeness (QED) is 0.814. The molecular formula is C13H13ClO2. The number of halogens is 1. The van der Waals surface area contributed by atoms with Crippen LogP contribution < -0.4 is 0 Å². The van der Waals surface area contributed by atoms with Crippen molar-refractivity contribution in [2.45, 2.75) is 31.1 Å². The van der Waals surface area contributed by atoms with Gasteiger partial charge in [0.05, 0.1) is 5.92 Å². The highest BCUT2D eigenvalue weighted by Gasteiger charge is 2.60. The van der Waals surface area contributed by atoms with Crippen molar-refractivity contribution in [2.75, 3.05) is 0 Å². The Morgan fingerprint density at radius 3 is 3.00 bits per heavy atom. The number of rotatable bonds is 1. The Balaban J connectivity index is 2.07. The molecule has 0 heterocycles. The van der Waals surface area contributed by atoms with Gasteiger partial charge in [-0.05, 0) is 48.9 Å². The molecule has 84 valence electrons. The van der Waals surface area contributed by atoms with Crippen LogP contribution >= 0.6 is 11.6 Å². The zero-order chi connectivity index (χ0) is 11.3. The normalized spacial score (nSPS) is 31.2. The van der Waals surface area contributed by atoms with Crippen LogP contribution in [0, 0.1) is 5.92 Å². The van der Waals surface area contributed by atoms with Gasteiger partial charge in [0, 0.05) is 10.4 Å². The van der Waals surface area contributed by atoms with E-state index in [1.54, 1.807) is 0 Å². The van der Waals surface area contributed by atoms with Crippen molar-refractivity contribution in [3.63, 3.8) is 0 Å². The lowest BCUT2D eigenvalue weighted by atomic mass is 9.78. The lowest BCUT2D eigenvalue weighted by Crippen LogP contribution is -2.21. The van der Waals surface area contributed by atoms with E-state index in [2.05, 4.69) is 6.07 Å². The molecule has 0 aromatic heterocycles. The van der Waals surface area contributed by atoms with Crippen molar-refractivity contribution in [3.8, 4) is 0 Å². The molecule has 16 heavy (non-hydrogen) atoms. The largest absolute Gasteiger partial charge is 0.481 e. The summed E-state index contributed by atoms with van der Waals surface area (Å²) < 4.78 is 0. The van der Waals surface area contributed by atoms with E-state index in [0.717, 1.165) is 30.7 Å². The van der Waals surface area contributed by atoms with Gasteiger partial charge in [0.2, 0.25) is 0 Å². The predicted molar refractivity (Wildman–Crippen MR) is 61.8 cm³/mol. The topological polar surface area (TPSA) is 37.3 Å². The minimum Gasteiger partial charge on any atom is -0.481 e. The first-order valence-electron chi connectivity index (χ1n) is 5.65. The van der Waals surface area contributed by atoms with Crippen LogP contribution in [0.1, 0.15) is 30.4 Å². The standard InChI is InChI=1S/C13H13ClO2/c14-9-4-3-8-2-1-5-13(10(8)6-9)7-11(13)12(15)16/h3-4,6,11H,1-2,5,7H2,(H,15,16). The van der Waals surface area contributed by atoms with E-state index in [1.165, 1.54) is 11.1 Å². The summed E-state index contributed by atoms with van der Waals surface area (Å²) in [6.07, 6.45) is 3.94. The number of fused-ring (bicyclic) bond motifs is 2. The highest BCUT2D eigenvalue weighted by atomic mass is 35.5. The molecule has 2 atom stereocenters. The van der Waals surface area contributed by atoms with Gasteiger partial charge in [-0.2, -0.15) is 0 Å². The molecule has 0 bridgehead atoms. The van der Waals surface area contributed by atoms with Gasteiger partial charge >= 0.3 is 5.97 Å². The van der Waals surface area contributed by atoms with Crippen LogP contribution in [0.15, 0.2) is 18.2 Å². The number of aliphatic carboxylic acids is 1. The zero-order valence-corrected chi connectivity index (χ0v) is 9.63. The van der Waals surface area contributed by atoms with Gasteiger partial charge in [-0.25, -0.2) is 0 Å². The fraction of sp³-hybridized carbons (Fsp3) is 0.462. The van der Waals surface area contributed by atoms with E-state index in [4.69, 9.17) is 16.7 Å². The Morgan fingerprint density at radius 1 is 1.50 bits per heavy atom. The summed E-state index contributed by atoms with van der Waals surface area (Å²) in [7, 11) is 0. The molecule has 1 saturated carbocycles. The van der Waals surface area contributed by atoms with Gasteiger partial charge in [0.15, 0.2) is 0 Å². The number of carboxylic acid groups (broad SMARTS) is 1. The SMILES string of the molecule is O=C(O)C1CC12CCCc1ccc(Cl)cc12. The van der Waals surface area contributed by atoms with Crippen molar-refractivity contribution in [3.05, 3.63) is 34.3 Å². The molecule has 0 radical (unpaired) electrons. The third-order valence-electron chi connectivity index (χ3n) is 4.05. The summed E-state index contributed by atoms with van der Waals surface area (Å²) in [6, 6.07) is 5.92. The van der Waals surface area contributed by atoms with Crippen LogP contribution in [0.5, 0.6) is 0 Å². The molecule has 3 heteroatoms. The second-order valence-corrected chi connectivity index (χ2v) is 5.34. The molecule has 1 aromatic rings. The summed E-state index contributed by atoms with van der Waals surface area (Å²) in [5.74, 6) is -0.849. The lowest BCUT2D eigenvalue weighted by molar-refractivity contribution is -0.139. The maximum atomic E-state index is 11.1. The highest BCUT2D eigenvalue weighted by Crippen LogP contribution is 2.60. The predicted octanol–water partition coefficient (Wildman–Crippen LogP) is 3.02. The van der Waals surface area contributed by atoms with E-state index >= 15 is 0 Å². The van der Waals surface area contributed by atoms with Crippen LogP contribution in [0.2, 0.25) is 5.02 Å². The number of aryl methyl sites for hydroxylation is 1. The van der Waals surface area contributed by atoms with Crippen molar-refractivity contribution in [2.24, 2.45) is 5.92 Å². The third kappa shape index (κ3) is 1.29. The summed E-state index contributed by atoms with van der Waals surface area (Å²) in [4.78, 5) is 11.1. The summed E-state index contributed by atoms with van der Waals surface area (Å²) in [5, 5.41) is 9.85. The highest BCUT2D eigenvalue weighted by molar-refractivity contribution is 6.30. The monoisotopic (exact) mass is 236 g/mol. The number of hydrogen-bond acceptors (Lipinski definition) is 1. The Kier molecular flexibility index (Phi) is 2.05. The average molecular weight is 237 g/mol. The Bertz CT molecular complexity index is 469. The van der Waals surface area contributed by atoms with E-state index in [1.807, 2.05) is 12.1 Å². The summed E-state index contributed by atoms with van der Waals surface area (Å²) >= 11 is 6.01. The molecule has 2 unspecified atom stereocenters. The first kappa shape index (κ1) is 10.2. The van der Waals surface area contributed by atoms with E-state index in [9.17, 15) is 4.79 Å². The smallest absolute Gasteiger partial charge is 0.307 e. The van der Waals surface area contributed by atoms with Crippen LogP contribution in [0.3, 0.4) is 0 Å². The maximum absolute atomic E-state index is 11.1. The molecule has 2 aliphatic carbocycles. The fourth-order valence-corrected chi connectivity index (χ4v) is 3.33. The molecule has 1 fully saturated rings. The second-order valence-electron chi connectivity index (χ2n) is 4.91. The number of benzene rings is 1. The van der Waals surface area contributed by atoms with Crippen molar-refractivity contribution in [1.29, 1.82) is 0 Å². The van der Waals surface area contributed by atoms with Gasteiger partial charge in [0.25, 0.3) is 0 Å². The maximum Gasteiger partial charge on any atom is 0.307 e. The lowest BCUT2D eigenvalue weighted by Gasteiger charge is -2.26. The van der Waals surface area contributed by atoms with E-state index in [-0.39, 0.29) is 11.3 Å². The van der Waals surface area contributed by atoms with Gasteiger partial charge in [-0.15, -0.1) is 0 Å². The molecule has 0 saturated heterocycles. The molecule has 1 N–H and O–H groups in total. The van der Waals surface area contributed by atoms with Crippen molar-refractivity contribution < 1.29 is 9.90 Å². The first-order valence-corrected chi connectivity index (χ1v) is 6.03. The first-order chi connectivity index (χ1) is 7.63. The number of carboxylic acids is 1. The van der Waals surface area contributed by atoms with Crippen molar-refractivity contribution in [1.82, 2.24) is 0 Å². The number of carbonyl (C=O) groups is 1. The minimum atomic E-state index is -0.659. The second kappa shape index (κ2) is 3.24. The summed E-state index contributed by atoms with van der Waals surface area (Å²) in [6.45, 7) is 0. The summed E-state index contributed by atoms with van der Waals surface area (Å²) in [5.41, 5.74) is 2.39. The molecule has 1 spiro atoms. The Morgan fingerprint density at radius 2 is 2.31 bits per heavy atom. The molecule has 3 rings (SSSR count). The van der Waals surface area contributed by atoms with Gasteiger partial charge in [0.1, 0.15) is 0 Å². The van der Waals surface area contributed by atoms with Crippen LogP contribution in [-0.2, 0) is 16.6 Å². The molecule has 2 aliphatic rings. The fourth-order valence-electron chi connectivity index (χ4n) is 3.16. The number of hydrogen-bond donors (Lipinski definition) is 1. The van der Waals surface area contributed by atoms with E-state index < -0.39 is 5.97 Å². The molecular weight excluding hydrogens is 224 g/mol. The van der Waals surface area contributed by atoms with Gasteiger partial charge in [-0.1, -0.05) is 17.7 Å². The van der Waals surface area contributed by atoms with Gasteiger partial charge < -0.3 is 5.11 Å². The molecule has 2 nitrogen and oxygen atoms in total. The van der Waals surface area contributed by atoms with Crippen LogP contribution in [-0.4, -0.2) is 11.1 Å². The van der Waals surface area contributed by atoms with Crippen LogP contribution in [0.25, 0.3) is 0 Å². The van der Waals surface area contributed by atoms with Crippen molar-refractivity contribution >= 4 is 17.6 Å². The molecule has 0 aliphatic heterocycles. The Labute approximate surface area is 99.2 Å². The van der Waals surface area contributed by atoms with Gasteiger partial charge in [-0.3, -0.25) is 4.79 Å². The van der Waals surface area contributed by atoms with Crippen LogP contribution in [0.4, 0.5) is 0 Å². The minimum absolute atomic E-state index is 0.0929. The molecule has 0 amide bonds. The molecule has 1 aromatic carbocycles. The third-order valence-corrected chi connectivity index (χ3v) is 4.29.